The van der Waals surface area contributed by atoms with Gasteiger partial charge in [0.15, 0.2) is 0 Å². The van der Waals surface area contributed by atoms with Crippen molar-refractivity contribution < 1.29 is 4.39 Å². The lowest BCUT2D eigenvalue weighted by Gasteiger charge is -2.13. The van der Waals surface area contributed by atoms with Gasteiger partial charge in [-0.3, -0.25) is 0 Å². The summed E-state index contributed by atoms with van der Waals surface area (Å²) in [6, 6.07) is 3.28. The van der Waals surface area contributed by atoms with E-state index < -0.39 is 0 Å². The zero-order valence-corrected chi connectivity index (χ0v) is 10.6. The average molecular weight is 254 g/mol. The predicted molar refractivity (Wildman–Crippen MR) is 68.0 cm³/mol. The maximum atomic E-state index is 13.7. The first-order valence-electron chi connectivity index (χ1n) is 5.38. The summed E-state index contributed by atoms with van der Waals surface area (Å²) in [7, 11) is 0. The second kappa shape index (κ2) is 4.45. The third-order valence-corrected chi connectivity index (χ3v) is 2.58. The van der Waals surface area contributed by atoms with Gasteiger partial charge in [0, 0.05) is 11.4 Å². The van der Waals surface area contributed by atoms with Crippen molar-refractivity contribution >= 4 is 28.3 Å². The van der Waals surface area contributed by atoms with Crippen LogP contribution in [0.4, 0.5) is 10.2 Å². The first-order valence-corrected chi connectivity index (χ1v) is 5.75. The molecule has 1 N–H and O–H groups in total. The van der Waals surface area contributed by atoms with E-state index in [1.807, 2.05) is 20.8 Å². The second-order valence-corrected chi connectivity index (χ2v) is 4.57. The number of hydrogen-bond acceptors (Lipinski definition) is 3. The number of benzene rings is 1. The van der Waals surface area contributed by atoms with Crippen molar-refractivity contribution in [2.75, 3.05) is 5.32 Å². The molecule has 0 saturated carbocycles. The number of anilines is 1. The minimum absolute atomic E-state index is 0.0464. The van der Waals surface area contributed by atoms with Gasteiger partial charge in [0.05, 0.1) is 0 Å². The number of aryl methyl sites for hydroxylation is 1. The molecule has 0 aliphatic heterocycles. The molecule has 2 aromatic rings. The number of nitrogens with one attached hydrogen (secondary N) is 1. The van der Waals surface area contributed by atoms with Crippen molar-refractivity contribution in [3.8, 4) is 0 Å². The number of aromatic nitrogens is 2. The van der Waals surface area contributed by atoms with Gasteiger partial charge in [-0.25, -0.2) is 14.4 Å². The molecule has 0 bridgehead atoms. The molecule has 0 atom stereocenters. The summed E-state index contributed by atoms with van der Waals surface area (Å²) in [4.78, 5) is 8.06. The van der Waals surface area contributed by atoms with Crippen molar-refractivity contribution in [3.05, 3.63) is 28.8 Å². The summed E-state index contributed by atoms with van der Waals surface area (Å²) in [6.45, 7) is 5.86. The smallest absolute Gasteiger partial charge is 0.225 e. The minimum Gasteiger partial charge on any atom is -0.367 e. The largest absolute Gasteiger partial charge is 0.367 e. The fourth-order valence-corrected chi connectivity index (χ4v) is 1.89. The summed E-state index contributed by atoms with van der Waals surface area (Å²) >= 11 is 5.80. The Morgan fingerprint density at radius 3 is 2.65 bits per heavy atom. The van der Waals surface area contributed by atoms with Crippen molar-refractivity contribution in [1.29, 1.82) is 0 Å². The highest BCUT2D eigenvalue weighted by atomic mass is 35.5. The normalized spacial score (nSPS) is 11.2. The van der Waals surface area contributed by atoms with Crippen molar-refractivity contribution in [3.63, 3.8) is 0 Å². The third kappa shape index (κ3) is 2.31. The summed E-state index contributed by atoms with van der Waals surface area (Å²) < 4.78 is 13.7. The van der Waals surface area contributed by atoms with E-state index in [0.717, 1.165) is 5.56 Å². The zero-order chi connectivity index (χ0) is 12.6. The van der Waals surface area contributed by atoms with Gasteiger partial charge in [0.2, 0.25) is 5.28 Å². The monoisotopic (exact) mass is 253 g/mol. The fraction of sp³-hybridized carbons (Fsp3) is 0.333. The Morgan fingerprint density at radius 1 is 1.29 bits per heavy atom. The Bertz CT molecular complexity index is 569. The molecule has 90 valence electrons. The summed E-state index contributed by atoms with van der Waals surface area (Å²) in [6.07, 6.45) is 0. The topological polar surface area (TPSA) is 37.8 Å². The SMILES string of the molecule is Cc1ccc(F)c2nc(Cl)nc(NC(C)C)c12. The Kier molecular flexibility index (Phi) is 3.15. The summed E-state index contributed by atoms with van der Waals surface area (Å²) in [5, 5.41) is 3.88. The van der Waals surface area contributed by atoms with E-state index in [9.17, 15) is 4.39 Å². The molecule has 17 heavy (non-hydrogen) atoms. The number of fused-ring (bicyclic) bond motifs is 1. The van der Waals surface area contributed by atoms with Gasteiger partial charge in [0.25, 0.3) is 0 Å². The molecule has 0 saturated heterocycles. The second-order valence-electron chi connectivity index (χ2n) is 4.23. The highest BCUT2D eigenvalue weighted by Crippen LogP contribution is 2.27. The lowest BCUT2D eigenvalue weighted by atomic mass is 10.1. The molecule has 0 fully saturated rings. The van der Waals surface area contributed by atoms with E-state index in [1.54, 1.807) is 6.07 Å². The van der Waals surface area contributed by atoms with Crippen LogP contribution in [0.15, 0.2) is 12.1 Å². The Morgan fingerprint density at radius 2 is 2.00 bits per heavy atom. The fourth-order valence-electron chi connectivity index (χ4n) is 1.72. The standard InChI is InChI=1S/C12H13ClFN3/c1-6(2)15-11-9-7(3)4-5-8(14)10(9)16-12(13)17-11/h4-6H,1-3H3,(H,15,16,17). The first-order chi connectivity index (χ1) is 7.99. The van der Waals surface area contributed by atoms with E-state index in [4.69, 9.17) is 11.6 Å². The third-order valence-electron chi connectivity index (χ3n) is 2.41. The van der Waals surface area contributed by atoms with E-state index in [1.165, 1.54) is 6.07 Å². The van der Waals surface area contributed by atoms with Gasteiger partial charge in [0.1, 0.15) is 17.2 Å². The van der Waals surface area contributed by atoms with Crippen LogP contribution in [0.3, 0.4) is 0 Å². The van der Waals surface area contributed by atoms with Crippen LogP contribution in [0, 0.1) is 12.7 Å². The van der Waals surface area contributed by atoms with Gasteiger partial charge in [-0.05, 0) is 44.0 Å². The zero-order valence-electron chi connectivity index (χ0n) is 9.88. The van der Waals surface area contributed by atoms with Crippen LogP contribution in [-0.2, 0) is 0 Å². The molecule has 1 aromatic carbocycles. The molecule has 5 heteroatoms. The van der Waals surface area contributed by atoms with Crippen molar-refractivity contribution in [1.82, 2.24) is 9.97 Å². The van der Waals surface area contributed by atoms with Crippen LogP contribution in [0.2, 0.25) is 5.28 Å². The maximum Gasteiger partial charge on any atom is 0.225 e. The Balaban J connectivity index is 2.77. The van der Waals surface area contributed by atoms with Crippen LogP contribution < -0.4 is 5.32 Å². The molecular formula is C12H13ClFN3. The first kappa shape index (κ1) is 12.0. The number of nitrogens with zero attached hydrogens (tertiary/aromatic N) is 2. The molecule has 0 unspecified atom stereocenters. The molecule has 0 aliphatic rings. The summed E-state index contributed by atoms with van der Waals surface area (Å²) in [5.41, 5.74) is 1.18. The average Bonchev–Trinajstić information content (AvgIpc) is 2.22. The van der Waals surface area contributed by atoms with Crippen LogP contribution in [0.25, 0.3) is 10.9 Å². The predicted octanol–water partition coefficient (Wildman–Crippen LogP) is 3.55. The lowest BCUT2D eigenvalue weighted by Crippen LogP contribution is -2.12. The van der Waals surface area contributed by atoms with E-state index in [0.29, 0.717) is 11.2 Å². The number of hydrogen-bond donors (Lipinski definition) is 1. The Labute approximate surface area is 104 Å². The highest BCUT2D eigenvalue weighted by molar-refractivity contribution is 6.28. The van der Waals surface area contributed by atoms with Gasteiger partial charge in [-0.2, -0.15) is 0 Å². The quantitative estimate of drug-likeness (QED) is 0.832. The molecule has 0 aliphatic carbocycles. The van der Waals surface area contributed by atoms with Crippen LogP contribution in [-0.4, -0.2) is 16.0 Å². The number of halogens is 2. The van der Waals surface area contributed by atoms with Crippen molar-refractivity contribution in [2.45, 2.75) is 26.8 Å². The molecular weight excluding hydrogens is 241 g/mol. The van der Waals surface area contributed by atoms with E-state index >= 15 is 0 Å². The van der Waals surface area contributed by atoms with E-state index in [2.05, 4.69) is 15.3 Å². The van der Waals surface area contributed by atoms with Gasteiger partial charge < -0.3 is 5.32 Å². The highest BCUT2D eigenvalue weighted by Gasteiger charge is 2.13. The van der Waals surface area contributed by atoms with Crippen LogP contribution >= 0.6 is 11.6 Å². The molecule has 3 nitrogen and oxygen atoms in total. The molecule has 0 amide bonds. The van der Waals surface area contributed by atoms with Gasteiger partial charge in [-0.1, -0.05) is 6.07 Å². The lowest BCUT2D eigenvalue weighted by molar-refractivity contribution is 0.636. The number of rotatable bonds is 2. The van der Waals surface area contributed by atoms with Gasteiger partial charge in [-0.15, -0.1) is 0 Å². The molecule has 0 spiro atoms. The van der Waals surface area contributed by atoms with Crippen LogP contribution in [0.1, 0.15) is 19.4 Å². The molecule has 0 radical (unpaired) electrons. The molecule has 2 rings (SSSR count). The Hall–Kier alpha value is -1.42. The van der Waals surface area contributed by atoms with Crippen LogP contribution in [0.5, 0.6) is 0 Å². The van der Waals surface area contributed by atoms with Crippen molar-refractivity contribution in [2.24, 2.45) is 0 Å². The van der Waals surface area contributed by atoms with Gasteiger partial charge >= 0.3 is 0 Å². The minimum atomic E-state index is -0.387. The molecule has 1 aromatic heterocycles. The summed E-state index contributed by atoms with van der Waals surface area (Å²) in [5.74, 6) is 0.189. The maximum absolute atomic E-state index is 13.7. The molecule has 1 heterocycles. The van der Waals surface area contributed by atoms with E-state index in [-0.39, 0.29) is 22.7 Å².